The first-order chi connectivity index (χ1) is 8.56. The highest BCUT2D eigenvalue weighted by atomic mass is 35.5. The minimum absolute atomic E-state index is 0.298. The Balaban J connectivity index is 2.24. The summed E-state index contributed by atoms with van der Waals surface area (Å²) in [6.07, 6.45) is 1.63. The van der Waals surface area contributed by atoms with Crippen molar-refractivity contribution in [2.24, 2.45) is 0 Å². The zero-order valence-electron chi connectivity index (χ0n) is 9.58. The van der Waals surface area contributed by atoms with Gasteiger partial charge in [0.25, 0.3) is 5.91 Å². The molecule has 5 heteroatoms. The van der Waals surface area contributed by atoms with E-state index in [-0.39, 0.29) is 5.91 Å². The van der Waals surface area contributed by atoms with Gasteiger partial charge in [0.2, 0.25) is 0 Å². The van der Waals surface area contributed by atoms with Gasteiger partial charge >= 0.3 is 0 Å². The number of amides is 1. The second-order valence-electron chi connectivity index (χ2n) is 3.76. The summed E-state index contributed by atoms with van der Waals surface area (Å²) < 4.78 is 0. The van der Waals surface area contributed by atoms with Crippen molar-refractivity contribution >= 4 is 34.8 Å². The van der Waals surface area contributed by atoms with Gasteiger partial charge in [0.15, 0.2) is 0 Å². The van der Waals surface area contributed by atoms with Crippen molar-refractivity contribution in [3.63, 3.8) is 0 Å². The number of hydrogen-bond acceptors (Lipinski definition) is 2. The number of rotatable bonds is 2. The average Bonchev–Trinajstić information content (AvgIpc) is 2.32. The minimum atomic E-state index is -0.298. The van der Waals surface area contributed by atoms with Crippen LogP contribution in [-0.2, 0) is 0 Å². The Hall–Kier alpha value is -1.58. The van der Waals surface area contributed by atoms with E-state index in [0.717, 1.165) is 5.69 Å². The molecule has 92 valence electrons. The molecule has 0 unspecified atom stereocenters. The Morgan fingerprint density at radius 1 is 1.22 bits per heavy atom. The second-order valence-corrected chi connectivity index (χ2v) is 4.61. The van der Waals surface area contributed by atoms with Crippen LogP contribution in [0.4, 0.5) is 5.69 Å². The highest BCUT2D eigenvalue weighted by Gasteiger charge is 2.11. The van der Waals surface area contributed by atoms with Crippen LogP contribution in [0.2, 0.25) is 10.0 Å². The van der Waals surface area contributed by atoms with Crippen LogP contribution in [0.5, 0.6) is 0 Å². The monoisotopic (exact) mass is 280 g/mol. The molecule has 0 saturated heterocycles. The molecule has 0 spiro atoms. The quantitative estimate of drug-likeness (QED) is 0.905. The molecule has 1 amide bonds. The zero-order chi connectivity index (χ0) is 13.1. The Bertz CT molecular complexity index is 599. The van der Waals surface area contributed by atoms with E-state index >= 15 is 0 Å². The Morgan fingerprint density at radius 3 is 2.72 bits per heavy atom. The zero-order valence-corrected chi connectivity index (χ0v) is 11.1. The lowest BCUT2D eigenvalue weighted by Crippen LogP contribution is -2.12. The van der Waals surface area contributed by atoms with Crippen LogP contribution >= 0.6 is 23.2 Å². The molecule has 0 aliphatic rings. The lowest BCUT2D eigenvalue weighted by atomic mass is 10.2. The smallest absolute Gasteiger partial charge is 0.257 e. The van der Waals surface area contributed by atoms with Gasteiger partial charge in [-0.1, -0.05) is 23.2 Å². The molecule has 1 N–H and O–H groups in total. The molecule has 1 aromatic carbocycles. The molecule has 0 aliphatic carbocycles. The SMILES string of the molecule is Cc1cc(NC(=O)c2cc(Cl)ccc2Cl)ccn1. The van der Waals surface area contributed by atoms with Crippen LogP contribution < -0.4 is 5.32 Å². The van der Waals surface area contributed by atoms with Gasteiger partial charge in [-0.25, -0.2) is 0 Å². The first kappa shape index (κ1) is 12.9. The number of nitrogens with zero attached hydrogens (tertiary/aromatic N) is 1. The summed E-state index contributed by atoms with van der Waals surface area (Å²) in [5.41, 5.74) is 1.84. The van der Waals surface area contributed by atoms with E-state index in [1.54, 1.807) is 30.5 Å². The van der Waals surface area contributed by atoms with Gasteiger partial charge in [0.05, 0.1) is 10.6 Å². The van der Waals surface area contributed by atoms with Gasteiger partial charge in [-0.2, -0.15) is 0 Å². The lowest BCUT2D eigenvalue weighted by Gasteiger charge is -2.07. The number of anilines is 1. The maximum absolute atomic E-state index is 12.0. The predicted octanol–water partition coefficient (Wildman–Crippen LogP) is 3.95. The number of carbonyl (C=O) groups is 1. The van der Waals surface area contributed by atoms with E-state index in [1.165, 1.54) is 6.07 Å². The molecule has 1 heterocycles. The average molecular weight is 281 g/mol. The summed E-state index contributed by atoms with van der Waals surface area (Å²) in [5.74, 6) is -0.298. The number of halogens is 2. The third-order valence-corrected chi connectivity index (χ3v) is 2.89. The number of aromatic nitrogens is 1. The van der Waals surface area contributed by atoms with Crippen molar-refractivity contribution < 1.29 is 4.79 Å². The van der Waals surface area contributed by atoms with Crippen LogP contribution in [0, 0.1) is 6.92 Å². The largest absolute Gasteiger partial charge is 0.322 e. The molecule has 0 radical (unpaired) electrons. The van der Waals surface area contributed by atoms with Crippen molar-refractivity contribution in [3.05, 3.63) is 57.8 Å². The van der Waals surface area contributed by atoms with Crippen molar-refractivity contribution in [2.45, 2.75) is 6.92 Å². The van der Waals surface area contributed by atoms with E-state index < -0.39 is 0 Å². The highest BCUT2D eigenvalue weighted by molar-refractivity contribution is 6.36. The molecule has 18 heavy (non-hydrogen) atoms. The molecule has 1 aromatic heterocycles. The Kier molecular flexibility index (Phi) is 3.84. The summed E-state index contributed by atoms with van der Waals surface area (Å²) in [7, 11) is 0. The van der Waals surface area contributed by atoms with Crippen molar-refractivity contribution in [3.8, 4) is 0 Å². The molecule has 2 rings (SSSR count). The maximum atomic E-state index is 12.0. The fourth-order valence-corrected chi connectivity index (χ4v) is 1.87. The number of carbonyl (C=O) groups excluding carboxylic acids is 1. The minimum Gasteiger partial charge on any atom is -0.322 e. The van der Waals surface area contributed by atoms with E-state index in [1.807, 2.05) is 6.92 Å². The first-order valence-electron chi connectivity index (χ1n) is 5.25. The topological polar surface area (TPSA) is 42.0 Å². The third kappa shape index (κ3) is 3.00. The van der Waals surface area contributed by atoms with Crippen molar-refractivity contribution in [1.82, 2.24) is 4.98 Å². The molecule has 0 atom stereocenters. The van der Waals surface area contributed by atoms with Gasteiger partial charge in [-0.15, -0.1) is 0 Å². The standard InChI is InChI=1S/C13H10Cl2N2O/c1-8-6-10(4-5-16-8)17-13(18)11-7-9(14)2-3-12(11)15/h2-7H,1H3,(H,16,17,18). The van der Waals surface area contributed by atoms with E-state index in [0.29, 0.717) is 21.3 Å². The van der Waals surface area contributed by atoms with E-state index in [4.69, 9.17) is 23.2 Å². The summed E-state index contributed by atoms with van der Waals surface area (Å²) >= 11 is 11.8. The molecule has 3 nitrogen and oxygen atoms in total. The molecule has 0 bridgehead atoms. The Labute approximate surface area is 115 Å². The molecule has 0 aliphatic heterocycles. The van der Waals surface area contributed by atoms with Crippen LogP contribution in [0.1, 0.15) is 16.1 Å². The van der Waals surface area contributed by atoms with E-state index in [2.05, 4.69) is 10.3 Å². The molecular weight excluding hydrogens is 271 g/mol. The highest BCUT2D eigenvalue weighted by Crippen LogP contribution is 2.21. The summed E-state index contributed by atoms with van der Waals surface area (Å²) in [6, 6.07) is 8.25. The number of hydrogen-bond donors (Lipinski definition) is 1. The summed E-state index contributed by atoms with van der Waals surface area (Å²) in [5, 5.41) is 3.58. The van der Waals surface area contributed by atoms with Crippen LogP contribution in [-0.4, -0.2) is 10.9 Å². The van der Waals surface area contributed by atoms with Crippen molar-refractivity contribution in [1.29, 1.82) is 0 Å². The predicted molar refractivity (Wildman–Crippen MR) is 73.4 cm³/mol. The lowest BCUT2D eigenvalue weighted by molar-refractivity contribution is 0.102. The van der Waals surface area contributed by atoms with Gasteiger partial charge < -0.3 is 5.32 Å². The van der Waals surface area contributed by atoms with Crippen LogP contribution in [0.15, 0.2) is 36.5 Å². The second kappa shape index (κ2) is 5.38. The fourth-order valence-electron chi connectivity index (χ4n) is 1.49. The Morgan fingerprint density at radius 2 is 2.00 bits per heavy atom. The van der Waals surface area contributed by atoms with Gasteiger partial charge in [0, 0.05) is 22.6 Å². The molecule has 0 saturated carbocycles. The van der Waals surface area contributed by atoms with Crippen LogP contribution in [0.25, 0.3) is 0 Å². The van der Waals surface area contributed by atoms with Crippen LogP contribution in [0.3, 0.4) is 0 Å². The van der Waals surface area contributed by atoms with Gasteiger partial charge in [0.1, 0.15) is 0 Å². The van der Waals surface area contributed by atoms with Gasteiger partial charge in [-0.05, 0) is 37.3 Å². The third-order valence-electron chi connectivity index (χ3n) is 2.33. The first-order valence-corrected chi connectivity index (χ1v) is 6.01. The number of pyridine rings is 1. The number of aryl methyl sites for hydroxylation is 1. The summed E-state index contributed by atoms with van der Waals surface area (Å²) in [6.45, 7) is 1.85. The number of benzene rings is 1. The summed E-state index contributed by atoms with van der Waals surface area (Å²) in [4.78, 5) is 16.1. The van der Waals surface area contributed by atoms with E-state index in [9.17, 15) is 4.79 Å². The number of nitrogens with one attached hydrogen (secondary N) is 1. The normalized spacial score (nSPS) is 10.2. The molecular formula is C13H10Cl2N2O. The fraction of sp³-hybridized carbons (Fsp3) is 0.0769. The molecule has 2 aromatic rings. The van der Waals surface area contributed by atoms with Crippen molar-refractivity contribution in [2.75, 3.05) is 5.32 Å². The van der Waals surface area contributed by atoms with Gasteiger partial charge in [-0.3, -0.25) is 9.78 Å². The molecule has 0 fully saturated rings. The maximum Gasteiger partial charge on any atom is 0.257 e.